The SMILES string of the molecule is CC(C)CC1(O)CNCCN1C(=O)O. The number of aliphatic hydroxyl groups is 1. The van der Waals surface area contributed by atoms with E-state index in [4.69, 9.17) is 5.11 Å². The van der Waals surface area contributed by atoms with Crippen molar-refractivity contribution in [1.29, 1.82) is 0 Å². The number of β-amino-alcohol motifs (C(OH)–C–C–N with tert-alkyl or cyclic N) is 1. The topological polar surface area (TPSA) is 72.8 Å². The zero-order valence-corrected chi connectivity index (χ0v) is 8.66. The predicted molar refractivity (Wildman–Crippen MR) is 52.0 cm³/mol. The van der Waals surface area contributed by atoms with E-state index in [1.165, 1.54) is 0 Å². The van der Waals surface area contributed by atoms with Gasteiger partial charge in [-0.25, -0.2) is 4.79 Å². The van der Waals surface area contributed by atoms with Crippen LogP contribution in [-0.2, 0) is 0 Å². The van der Waals surface area contributed by atoms with Crippen molar-refractivity contribution in [2.24, 2.45) is 5.92 Å². The standard InChI is InChI=1S/C9H18N2O3/c1-7(2)5-9(14)6-10-3-4-11(9)8(12)13/h7,10,14H,3-6H2,1-2H3,(H,12,13). The first-order valence-electron chi connectivity index (χ1n) is 4.89. The lowest BCUT2D eigenvalue weighted by molar-refractivity contribution is -0.115. The van der Waals surface area contributed by atoms with Gasteiger partial charge in [-0.05, 0) is 12.3 Å². The molecule has 1 atom stereocenters. The minimum absolute atomic E-state index is 0.266. The molecule has 14 heavy (non-hydrogen) atoms. The van der Waals surface area contributed by atoms with E-state index in [1.54, 1.807) is 0 Å². The maximum absolute atomic E-state index is 10.9. The lowest BCUT2D eigenvalue weighted by Crippen LogP contribution is -2.63. The molecule has 1 rings (SSSR count). The van der Waals surface area contributed by atoms with Crippen LogP contribution in [0.1, 0.15) is 20.3 Å². The predicted octanol–water partition coefficient (Wildman–Crippen LogP) is 0.304. The third-order valence-electron chi connectivity index (χ3n) is 2.39. The van der Waals surface area contributed by atoms with Crippen LogP contribution in [0.5, 0.6) is 0 Å². The van der Waals surface area contributed by atoms with E-state index in [1.807, 2.05) is 13.8 Å². The molecule has 0 aliphatic carbocycles. The van der Waals surface area contributed by atoms with E-state index >= 15 is 0 Å². The number of hydrogen-bond donors (Lipinski definition) is 3. The molecule has 1 unspecified atom stereocenters. The first kappa shape index (κ1) is 11.3. The van der Waals surface area contributed by atoms with Gasteiger partial charge in [-0.1, -0.05) is 13.8 Å². The van der Waals surface area contributed by atoms with Crippen molar-refractivity contribution in [2.75, 3.05) is 19.6 Å². The minimum Gasteiger partial charge on any atom is -0.465 e. The van der Waals surface area contributed by atoms with Crippen molar-refractivity contribution in [3.63, 3.8) is 0 Å². The average molecular weight is 202 g/mol. The highest BCUT2D eigenvalue weighted by atomic mass is 16.4. The summed E-state index contributed by atoms with van der Waals surface area (Å²) < 4.78 is 0. The Morgan fingerprint density at radius 2 is 2.29 bits per heavy atom. The van der Waals surface area contributed by atoms with Gasteiger partial charge < -0.3 is 15.5 Å². The van der Waals surface area contributed by atoms with E-state index in [0.717, 1.165) is 4.90 Å². The highest BCUT2D eigenvalue weighted by Crippen LogP contribution is 2.23. The molecule has 1 saturated heterocycles. The van der Waals surface area contributed by atoms with Gasteiger partial charge in [-0.3, -0.25) is 4.90 Å². The Bertz CT molecular complexity index is 220. The Morgan fingerprint density at radius 3 is 2.79 bits per heavy atom. The van der Waals surface area contributed by atoms with Crippen molar-refractivity contribution in [1.82, 2.24) is 10.2 Å². The van der Waals surface area contributed by atoms with Gasteiger partial charge in [-0.15, -0.1) is 0 Å². The molecule has 1 aliphatic heterocycles. The molecule has 0 bridgehead atoms. The van der Waals surface area contributed by atoms with E-state index in [0.29, 0.717) is 26.1 Å². The van der Waals surface area contributed by atoms with Gasteiger partial charge >= 0.3 is 6.09 Å². The molecule has 1 aliphatic rings. The van der Waals surface area contributed by atoms with E-state index < -0.39 is 11.8 Å². The summed E-state index contributed by atoms with van der Waals surface area (Å²) in [4.78, 5) is 12.0. The normalized spacial score (nSPS) is 28.1. The maximum Gasteiger partial charge on any atom is 0.409 e. The summed E-state index contributed by atoms with van der Waals surface area (Å²) in [5.74, 6) is 0.266. The quantitative estimate of drug-likeness (QED) is 0.602. The second kappa shape index (κ2) is 4.14. The van der Waals surface area contributed by atoms with Gasteiger partial charge in [-0.2, -0.15) is 0 Å². The van der Waals surface area contributed by atoms with Crippen molar-refractivity contribution in [2.45, 2.75) is 26.0 Å². The summed E-state index contributed by atoms with van der Waals surface area (Å²) >= 11 is 0. The van der Waals surface area contributed by atoms with E-state index in [9.17, 15) is 9.90 Å². The largest absolute Gasteiger partial charge is 0.465 e. The van der Waals surface area contributed by atoms with Gasteiger partial charge in [0.1, 0.15) is 0 Å². The lowest BCUT2D eigenvalue weighted by atomic mass is 9.97. The van der Waals surface area contributed by atoms with E-state index in [-0.39, 0.29) is 5.92 Å². The molecule has 3 N–H and O–H groups in total. The van der Waals surface area contributed by atoms with Crippen LogP contribution in [0, 0.1) is 5.92 Å². The number of hydrogen-bond acceptors (Lipinski definition) is 3. The van der Waals surface area contributed by atoms with Crippen LogP contribution in [-0.4, -0.2) is 46.6 Å². The molecule has 82 valence electrons. The van der Waals surface area contributed by atoms with Crippen molar-refractivity contribution in [3.05, 3.63) is 0 Å². The number of nitrogens with zero attached hydrogens (tertiary/aromatic N) is 1. The summed E-state index contributed by atoms with van der Waals surface area (Å²) in [6, 6.07) is 0. The number of amides is 1. The highest BCUT2D eigenvalue weighted by Gasteiger charge is 2.40. The summed E-state index contributed by atoms with van der Waals surface area (Å²) in [7, 11) is 0. The fraction of sp³-hybridized carbons (Fsp3) is 0.889. The molecule has 0 aromatic heterocycles. The van der Waals surface area contributed by atoms with Gasteiger partial charge in [0.2, 0.25) is 0 Å². The molecule has 5 nitrogen and oxygen atoms in total. The van der Waals surface area contributed by atoms with Gasteiger partial charge in [0.15, 0.2) is 5.72 Å². The number of piperazine rings is 1. The molecular weight excluding hydrogens is 184 g/mol. The molecule has 0 radical (unpaired) electrons. The van der Waals surface area contributed by atoms with Crippen LogP contribution in [0.2, 0.25) is 0 Å². The summed E-state index contributed by atoms with van der Waals surface area (Å²) in [5.41, 5.74) is -1.24. The van der Waals surface area contributed by atoms with Crippen LogP contribution in [0.15, 0.2) is 0 Å². The Balaban J connectivity index is 2.74. The zero-order valence-electron chi connectivity index (χ0n) is 8.66. The number of carboxylic acid groups (broad SMARTS) is 1. The molecule has 0 aromatic carbocycles. The smallest absolute Gasteiger partial charge is 0.409 e. The second-order valence-corrected chi connectivity index (χ2v) is 4.19. The molecular formula is C9H18N2O3. The second-order valence-electron chi connectivity index (χ2n) is 4.19. The van der Waals surface area contributed by atoms with Crippen molar-refractivity contribution >= 4 is 6.09 Å². The van der Waals surface area contributed by atoms with Crippen LogP contribution in [0.25, 0.3) is 0 Å². The van der Waals surface area contributed by atoms with Gasteiger partial charge in [0.25, 0.3) is 0 Å². The van der Waals surface area contributed by atoms with Crippen LogP contribution >= 0.6 is 0 Å². The van der Waals surface area contributed by atoms with Crippen LogP contribution in [0.4, 0.5) is 4.79 Å². The molecule has 1 amide bonds. The van der Waals surface area contributed by atoms with E-state index in [2.05, 4.69) is 5.32 Å². The Hall–Kier alpha value is -0.810. The molecule has 0 spiro atoms. The number of rotatable bonds is 2. The fourth-order valence-electron chi connectivity index (χ4n) is 1.89. The number of carbonyl (C=O) groups is 1. The van der Waals surface area contributed by atoms with Crippen molar-refractivity contribution < 1.29 is 15.0 Å². The first-order valence-corrected chi connectivity index (χ1v) is 4.89. The molecule has 0 aromatic rings. The maximum atomic E-state index is 10.9. The zero-order chi connectivity index (χ0) is 10.8. The van der Waals surface area contributed by atoms with Crippen molar-refractivity contribution in [3.8, 4) is 0 Å². The van der Waals surface area contributed by atoms with Crippen LogP contribution in [0.3, 0.4) is 0 Å². The molecule has 0 saturated carbocycles. The first-order chi connectivity index (χ1) is 6.46. The molecule has 5 heteroatoms. The minimum atomic E-state index is -1.24. The van der Waals surface area contributed by atoms with Gasteiger partial charge in [0, 0.05) is 19.6 Å². The van der Waals surface area contributed by atoms with Crippen LogP contribution < -0.4 is 5.32 Å². The Morgan fingerprint density at radius 1 is 1.64 bits per heavy atom. The fourth-order valence-corrected chi connectivity index (χ4v) is 1.89. The third-order valence-corrected chi connectivity index (χ3v) is 2.39. The molecule has 1 fully saturated rings. The van der Waals surface area contributed by atoms with Gasteiger partial charge in [0.05, 0.1) is 0 Å². The monoisotopic (exact) mass is 202 g/mol. The number of nitrogens with one attached hydrogen (secondary N) is 1. The Kier molecular flexibility index (Phi) is 3.34. The summed E-state index contributed by atoms with van der Waals surface area (Å²) in [6.45, 7) is 5.20. The summed E-state index contributed by atoms with van der Waals surface area (Å²) in [6.07, 6.45) is -0.582. The Labute approximate surface area is 83.7 Å². The summed E-state index contributed by atoms with van der Waals surface area (Å²) in [5, 5.41) is 22.1. The molecule has 1 heterocycles. The highest BCUT2D eigenvalue weighted by molar-refractivity contribution is 5.66. The third kappa shape index (κ3) is 2.36. The lowest BCUT2D eigenvalue weighted by Gasteiger charge is -2.42. The average Bonchev–Trinajstić information content (AvgIpc) is 2.01.